The Morgan fingerprint density at radius 3 is 2.79 bits per heavy atom. The molecule has 1 saturated carbocycles. The number of carbonyl (C=O) groups is 2. The lowest BCUT2D eigenvalue weighted by atomic mass is 9.93. The number of piperidine rings is 1. The van der Waals surface area contributed by atoms with Gasteiger partial charge in [-0.3, -0.25) is 9.59 Å². The highest BCUT2D eigenvalue weighted by atomic mass is 32.2. The third-order valence-electron chi connectivity index (χ3n) is 5.22. The molecule has 10 nitrogen and oxygen atoms in total. The summed E-state index contributed by atoms with van der Waals surface area (Å²) in [4.78, 5) is 25.0. The van der Waals surface area contributed by atoms with E-state index in [-0.39, 0.29) is 37.7 Å². The summed E-state index contributed by atoms with van der Waals surface area (Å²) in [7, 11) is -3.52. The highest BCUT2D eigenvalue weighted by Crippen LogP contribution is 2.40. The standard InChI is InChI=1S/C18H28N4O6S/c1-2-27-18(24)13-11-22(29(25,26)9-3-7-19)8-6-14(13)20-17(23)15-10-16(28-21-15)12-4-5-12/h10,12-14H,2-9,11,19H2,1H3,(H,20,23). The molecular weight excluding hydrogens is 400 g/mol. The van der Waals surface area contributed by atoms with Crippen LogP contribution in [0, 0.1) is 5.92 Å². The number of ether oxygens (including phenoxy) is 1. The van der Waals surface area contributed by atoms with Crippen LogP contribution < -0.4 is 11.1 Å². The molecule has 2 atom stereocenters. The summed E-state index contributed by atoms with van der Waals surface area (Å²) in [6.45, 7) is 2.29. The van der Waals surface area contributed by atoms with Gasteiger partial charge in [0.1, 0.15) is 5.76 Å². The summed E-state index contributed by atoms with van der Waals surface area (Å²) >= 11 is 0. The first-order chi connectivity index (χ1) is 13.9. The Morgan fingerprint density at radius 1 is 1.38 bits per heavy atom. The van der Waals surface area contributed by atoms with Gasteiger partial charge in [-0.1, -0.05) is 5.16 Å². The maximum atomic E-state index is 12.6. The summed E-state index contributed by atoms with van der Waals surface area (Å²) in [6.07, 6.45) is 2.69. The van der Waals surface area contributed by atoms with E-state index in [2.05, 4.69) is 10.5 Å². The molecule has 3 rings (SSSR count). The van der Waals surface area contributed by atoms with Crippen LogP contribution in [0.5, 0.6) is 0 Å². The summed E-state index contributed by atoms with van der Waals surface area (Å²) < 4.78 is 36.6. The molecule has 1 saturated heterocycles. The van der Waals surface area contributed by atoms with E-state index in [9.17, 15) is 18.0 Å². The minimum absolute atomic E-state index is 0.0389. The van der Waals surface area contributed by atoms with Gasteiger partial charge in [0, 0.05) is 31.1 Å². The summed E-state index contributed by atoms with van der Waals surface area (Å²) in [6, 6.07) is 1.07. The molecule has 0 spiro atoms. The third-order valence-corrected chi connectivity index (χ3v) is 7.14. The SMILES string of the molecule is CCOC(=O)C1CN(S(=O)(=O)CCCN)CCC1NC(=O)c1cc(C2CC2)on1. The number of hydrogen-bond donors (Lipinski definition) is 2. The monoisotopic (exact) mass is 428 g/mol. The van der Waals surface area contributed by atoms with E-state index in [0.29, 0.717) is 24.5 Å². The van der Waals surface area contributed by atoms with E-state index in [0.717, 1.165) is 12.8 Å². The van der Waals surface area contributed by atoms with Crippen LogP contribution in [-0.4, -0.2) is 67.8 Å². The lowest BCUT2D eigenvalue weighted by Crippen LogP contribution is -2.55. The molecule has 2 fully saturated rings. The first kappa shape index (κ1) is 21.7. The lowest BCUT2D eigenvalue weighted by molar-refractivity contribution is -0.150. The van der Waals surface area contributed by atoms with Crippen molar-refractivity contribution in [2.45, 2.75) is 44.6 Å². The second-order valence-corrected chi connectivity index (χ2v) is 9.52. The number of hydrogen-bond acceptors (Lipinski definition) is 8. The predicted molar refractivity (Wildman–Crippen MR) is 104 cm³/mol. The average Bonchev–Trinajstić information content (AvgIpc) is 3.43. The maximum absolute atomic E-state index is 12.6. The molecule has 29 heavy (non-hydrogen) atoms. The Labute approximate surface area is 170 Å². The smallest absolute Gasteiger partial charge is 0.312 e. The van der Waals surface area contributed by atoms with Gasteiger partial charge in [-0.05, 0) is 39.2 Å². The maximum Gasteiger partial charge on any atom is 0.312 e. The van der Waals surface area contributed by atoms with Crippen molar-refractivity contribution in [3.8, 4) is 0 Å². The van der Waals surface area contributed by atoms with E-state index in [4.69, 9.17) is 15.0 Å². The molecule has 0 bridgehead atoms. The Kier molecular flexibility index (Phi) is 6.91. The van der Waals surface area contributed by atoms with Gasteiger partial charge in [0.15, 0.2) is 5.69 Å². The van der Waals surface area contributed by atoms with Crippen molar-refractivity contribution in [2.24, 2.45) is 11.7 Å². The predicted octanol–water partition coefficient (Wildman–Crippen LogP) is 0.214. The first-order valence-corrected chi connectivity index (χ1v) is 11.6. The van der Waals surface area contributed by atoms with E-state index >= 15 is 0 Å². The molecule has 0 aromatic carbocycles. The van der Waals surface area contributed by atoms with Gasteiger partial charge in [0.25, 0.3) is 5.91 Å². The fourth-order valence-electron chi connectivity index (χ4n) is 3.43. The van der Waals surface area contributed by atoms with E-state index in [1.807, 2.05) is 0 Å². The number of aromatic nitrogens is 1. The van der Waals surface area contributed by atoms with Gasteiger partial charge < -0.3 is 20.3 Å². The molecule has 162 valence electrons. The van der Waals surface area contributed by atoms with Crippen LogP contribution in [0.3, 0.4) is 0 Å². The Balaban J connectivity index is 1.69. The van der Waals surface area contributed by atoms with Gasteiger partial charge in [-0.25, -0.2) is 12.7 Å². The van der Waals surface area contributed by atoms with Crippen LogP contribution in [0.15, 0.2) is 10.6 Å². The largest absolute Gasteiger partial charge is 0.466 e. The molecular formula is C18H28N4O6S. The van der Waals surface area contributed by atoms with Crippen LogP contribution in [0.1, 0.15) is 54.8 Å². The number of nitrogens with two attached hydrogens (primary N) is 1. The summed E-state index contributed by atoms with van der Waals surface area (Å²) in [5.41, 5.74) is 5.58. The van der Waals surface area contributed by atoms with E-state index in [1.165, 1.54) is 4.31 Å². The van der Waals surface area contributed by atoms with Gasteiger partial charge in [0.05, 0.1) is 18.3 Å². The number of amides is 1. The number of carbonyl (C=O) groups excluding carboxylic acids is 2. The van der Waals surface area contributed by atoms with Crippen molar-refractivity contribution in [3.63, 3.8) is 0 Å². The number of nitrogens with one attached hydrogen (secondary N) is 1. The number of nitrogens with zero attached hydrogens (tertiary/aromatic N) is 2. The van der Waals surface area contributed by atoms with Gasteiger partial charge >= 0.3 is 5.97 Å². The summed E-state index contributed by atoms with van der Waals surface area (Å²) in [5, 5.41) is 6.62. The zero-order valence-corrected chi connectivity index (χ0v) is 17.3. The van der Waals surface area contributed by atoms with Gasteiger partial charge in [0.2, 0.25) is 10.0 Å². The Morgan fingerprint density at radius 2 is 2.14 bits per heavy atom. The van der Waals surface area contributed by atoms with E-state index in [1.54, 1.807) is 13.0 Å². The minimum atomic E-state index is -3.52. The molecule has 1 aromatic heterocycles. The molecule has 0 radical (unpaired) electrons. The molecule has 2 aliphatic rings. The normalized spacial score (nSPS) is 23.0. The molecule has 1 aliphatic heterocycles. The molecule has 2 unspecified atom stereocenters. The molecule has 1 amide bonds. The van der Waals surface area contributed by atoms with Crippen LogP contribution >= 0.6 is 0 Å². The van der Waals surface area contributed by atoms with Crippen LogP contribution in [0.25, 0.3) is 0 Å². The second kappa shape index (κ2) is 9.23. The highest BCUT2D eigenvalue weighted by Gasteiger charge is 2.40. The van der Waals surface area contributed by atoms with Crippen LogP contribution in [0.2, 0.25) is 0 Å². The van der Waals surface area contributed by atoms with Crippen molar-refractivity contribution in [1.82, 2.24) is 14.8 Å². The first-order valence-electron chi connectivity index (χ1n) is 9.97. The fraction of sp³-hybridized carbons (Fsp3) is 0.722. The van der Waals surface area contributed by atoms with Crippen molar-refractivity contribution in [3.05, 3.63) is 17.5 Å². The zero-order valence-electron chi connectivity index (χ0n) is 16.5. The number of rotatable bonds is 9. The average molecular weight is 429 g/mol. The second-order valence-electron chi connectivity index (χ2n) is 7.43. The van der Waals surface area contributed by atoms with Gasteiger partial charge in [-0.2, -0.15) is 0 Å². The molecule has 11 heteroatoms. The summed E-state index contributed by atoms with van der Waals surface area (Å²) in [5.74, 6) is -0.820. The van der Waals surface area contributed by atoms with Gasteiger partial charge in [-0.15, -0.1) is 0 Å². The van der Waals surface area contributed by atoms with Crippen LogP contribution in [0.4, 0.5) is 0 Å². The van der Waals surface area contributed by atoms with Crippen molar-refractivity contribution < 1.29 is 27.3 Å². The molecule has 2 heterocycles. The van der Waals surface area contributed by atoms with Crippen molar-refractivity contribution >= 4 is 21.9 Å². The fourth-order valence-corrected chi connectivity index (χ4v) is 4.99. The quantitative estimate of drug-likeness (QED) is 0.531. The highest BCUT2D eigenvalue weighted by molar-refractivity contribution is 7.89. The minimum Gasteiger partial charge on any atom is -0.466 e. The molecule has 1 aromatic rings. The van der Waals surface area contributed by atoms with Crippen molar-refractivity contribution in [1.29, 1.82) is 0 Å². The number of esters is 1. The Hall–Kier alpha value is -1.98. The Bertz CT molecular complexity index is 835. The molecule has 1 aliphatic carbocycles. The number of sulfonamides is 1. The van der Waals surface area contributed by atoms with Crippen LogP contribution in [-0.2, 0) is 19.6 Å². The zero-order chi connectivity index (χ0) is 21.0. The molecule has 3 N–H and O–H groups in total. The lowest BCUT2D eigenvalue weighted by Gasteiger charge is -2.36. The topological polar surface area (TPSA) is 145 Å². The van der Waals surface area contributed by atoms with Crippen molar-refractivity contribution in [2.75, 3.05) is 32.0 Å². The van der Waals surface area contributed by atoms with E-state index < -0.39 is 33.9 Å². The third kappa shape index (κ3) is 5.34.